The molecule has 94 valence electrons. The second kappa shape index (κ2) is 4.48. The highest BCUT2D eigenvalue weighted by Crippen LogP contribution is 2.28. The zero-order chi connectivity index (χ0) is 12.5. The van der Waals surface area contributed by atoms with Crippen molar-refractivity contribution in [2.45, 2.75) is 25.1 Å². The van der Waals surface area contributed by atoms with Gasteiger partial charge in [0.25, 0.3) is 0 Å². The molecule has 0 bridgehead atoms. The Hall–Kier alpha value is -1.37. The first-order valence-corrected chi connectivity index (χ1v) is 5.30. The fourth-order valence-electron chi connectivity index (χ4n) is 1.80. The number of aliphatic hydroxyl groups is 1. The van der Waals surface area contributed by atoms with Crippen LogP contribution in [0.5, 0.6) is 0 Å². The SMILES string of the molecule is OC1CCCN(c2nccc(C(F)(F)F)n2)C1. The molecule has 0 amide bonds. The highest BCUT2D eigenvalue weighted by atomic mass is 19.4. The summed E-state index contributed by atoms with van der Waals surface area (Å²) in [6, 6.07) is 0.837. The molecule has 2 rings (SSSR count). The average molecular weight is 247 g/mol. The van der Waals surface area contributed by atoms with Gasteiger partial charge in [0.05, 0.1) is 6.10 Å². The molecule has 1 saturated heterocycles. The van der Waals surface area contributed by atoms with Gasteiger partial charge in [-0.05, 0) is 18.9 Å². The maximum absolute atomic E-state index is 12.5. The van der Waals surface area contributed by atoms with Crippen molar-refractivity contribution in [1.82, 2.24) is 9.97 Å². The van der Waals surface area contributed by atoms with Crippen molar-refractivity contribution >= 4 is 5.95 Å². The number of β-amino-alcohol motifs (C(OH)–C–C–N with tert-alkyl or cyclic N) is 1. The molecule has 2 heterocycles. The molecule has 0 aliphatic carbocycles. The molecule has 0 radical (unpaired) electrons. The number of nitrogens with zero attached hydrogens (tertiary/aromatic N) is 3. The number of halogens is 3. The minimum atomic E-state index is -4.47. The van der Waals surface area contributed by atoms with Crippen LogP contribution in [0.1, 0.15) is 18.5 Å². The van der Waals surface area contributed by atoms with Gasteiger partial charge in [-0.15, -0.1) is 0 Å². The fraction of sp³-hybridized carbons (Fsp3) is 0.600. The Morgan fingerprint density at radius 2 is 2.18 bits per heavy atom. The predicted molar refractivity (Wildman–Crippen MR) is 54.5 cm³/mol. The van der Waals surface area contributed by atoms with E-state index in [4.69, 9.17) is 0 Å². The van der Waals surface area contributed by atoms with E-state index in [0.717, 1.165) is 18.7 Å². The van der Waals surface area contributed by atoms with E-state index in [1.165, 1.54) is 0 Å². The number of piperidine rings is 1. The predicted octanol–water partition coefficient (Wildman–Crippen LogP) is 1.46. The summed E-state index contributed by atoms with van der Waals surface area (Å²) in [7, 11) is 0. The van der Waals surface area contributed by atoms with Gasteiger partial charge < -0.3 is 10.0 Å². The normalized spacial score (nSPS) is 21.6. The largest absolute Gasteiger partial charge is 0.433 e. The maximum atomic E-state index is 12.5. The third kappa shape index (κ3) is 2.85. The van der Waals surface area contributed by atoms with Crippen molar-refractivity contribution in [2.75, 3.05) is 18.0 Å². The maximum Gasteiger partial charge on any atom is 0.433 e. The lowest BCUT2D eigenvalue weighted by Gasteiger charge is -2.30. The van der Waals surface area contributed by atoms with E-state index in [1.54, 1.807) is 4.90 Å². The molecule has 1 N–H and O–H groups in total. The van der Waals surface area contributed by atoms with E-state index in [0.29, 0.717) is 13.0 Å². The number of aliphatic hydroxyl groups excluding tert-OH is 1. The zero-order valence-electron chi connectivity index (χ0n) is 8.98. The number of hydrogen-bond donors (Lipinski definition) is 1. The standard InChI is InChI=1S/C10H12F3N3O/c11-10(12,13)8-3-4-14-9(15-8)16-5-1-2-7(17)6-16/h3-4,7,17H,1-2,5-6H2. The Morgan fingerprint density at radius 1 is 1.41 bits per heavy atom. The number of rotatable bonds is 1. The molecular formula is C10H12F3N3O. The highest BCUT2D eigenvalue weighted by Gasteiger charge is 2.33. The lowest BCUT2D eigenvalue weighted by molar-refractivity contribution is -0.141. The van der Waals surface area contributed by atoms with Gasteiger partial charge in [0, 0.05) is 19.3 Å². The minimum Gasteiger partial charge on any atom is -0.391 e. The first kappa shape index (κ1) is 12.1. The highest BCUT2D eigenvalue weighted by molar-refractivity contribution is 5.31. The quantitative estimate of drug-likeness (QED) is 0.816. The van der Waals surface area contributed by atoms with Crippen molar-refractivity contribution < 1.29 is 18.3 Å². The van der Waals surface area contributed by atoms with Crippen LogP contribution in [0.3, 0.4) is 0 Å². The monoisotopic (exact) mass is 247 g/mol. The van der Waals surface area contributed by atoms with Crippen molar-refractivity contribution in [3.05, 3.63) is 18.0 Å². The number of aromatic nitrogens is 2. The summed E-state index contributed by atoms with van der Waals surface area (Å²) in [6.45, 7) is 0.847. The third-order valence-corrected chi connectivity index (χ3v) is 2.61. The van der Waals surface area contributed by atoms with Crippen LogP contribution < -0.4 is 4.90 Å². The van der Waals surface area contributed by atoms with Crippen molar-refractivity contribution in [3.63, 3.8) is 0 Å². The van der Waals surface area contributed by atoms with Crippen molar-refractivity contribution in [3.8, 4) is 0 Å². The second-order valence-electron chi connectivity index (χ2n) is 3.98. The topological polar surface area (TPSA) is 49.2 Å². The van der Waals surface area contributed by atoms with Gasteiger partial charge in [-0.3, -0.25) is 0 Å². The number of anilines is 1. The molecule has 1 aliphatic rings. The van der Waals surface area contributed by atoms with Gasteiger partial charge in [-0.2, -0.15) is 13.2 Å². The van der Waals surface area contributed by atoms with E-state index in [2.05, 4.69) is 9.97 Å². The summed E-state index contributed by atoms with van der Waals surface area (Å²) in [6.07, 6.45) is -2.52. The molecule has 1 aromatic rings. The molecule has 1 aromatic heterocycles. The first-order chi connectivity index (χ1) is 7.97. The molecule has 1 atom stereocenters. The van der Waals surface area contributed by atoms with Crippen LogP contribution in [0.15, 0.2) is 12.3 Å². The Balaban J connectivity index is 2.21. The van der Waals surface area contributed by atoms with Gasteiger partial charge >= 0.3 is 6.18 Å². The van der Waals surface area contributed by atoms with E-state index in [-0.39, 0.29) is 12.5 Å². The second-order valence-corrected chi connectivity index (χ2v) is 3.98. The lowest BCUT2D eigenvalue weighted by Crippen LogP contribution is -2.39. The summed E-state index contributed by atoms with van der Waals surface area (Å²) in [4.78, 5) is 8.87. The van der Waals surface area contributed by atoms with Crippen LogP contribution in [0.25, 0.3) is 0 Å². The minimum absolute atomic E-state index is 0.0265. The van der Waals surface area contributed by atoms with E-state index in [1.807, 2.05) is 0 Å². The van der Waals surface area contributed by atoms with Crippen LogP contribution in [-0.4, -0.2) is 34.3 Å². The van der Waals surface area contributed by atoms with E-state index >= 15 is 0 Å². The van der Waals surface area contributed by atoms with Gasteiger partial charge in [0.15, 0.2) is 0 Å². The van der Waals surface area contributed by atoms with Crippen LogP contribution in [-0.2, 0) is 6.18 Å². The van der Waals surface area contributed by atoms with E-state index in [9.17, 15) is 18.3 Å². The van der Waals surface area contributed by atoms with Crippen LogP contribution in [0.2, 0.25) is 0 Å². The molecule has 1 aliphatic heterocycles. The van der Waals surface area contributed by atoms with Gasteiger partial charge in [0.2, 0.25) is 5.95 Å². The van der Waals surface area contributed by atoms with Crippen LogP contribution in [0, 0.1) is 0 Å². The summed E-state index contributed by atoms with van der Waals surface area (Å²) in [5, 5.41) is 9.45. The number of alkyl halides is 3. The summed E-state index contributed by atoms with van der Waals surface area (Å²) >= 11 is 0. The zero-order valence-corrected chi connectivity index (χ0v) is 8.98. The van der Waals surface area contributed by atoms with Gasteiger partial charge in [-0.1, -0.05) is 0 Å². The Labute approximate surface area is 96.1 Å². The smallest absolute Gasteiger partial charge is 0.391 e. The van der Waals surface area contributed by atoms with Gasteiger partial charge in [0.1, 0.15) is 5.69 Å². The molecule has 1 fully saturated rings. The fourth-order valence-corrected chi connectivity index (χ4v) is 1.80. The van der Waals surface area contributed by atoms with Crippen LogP contribution >= 0.6 is 0 Å². The van der Waals surface area contributed by atoms with Crippen molar-refractivity contribution in [2.24, 2.45) is 0 Å². The molecule has 4 nitrogen and oxygen atoms in total. The summed E-state index contributed by atoms with van der Waals surface area (Å²) < 4.78 is 37.4. The Morgan fingerprint density at radius 3 is 2.82 bits per heavy atom. The van der Waals surface area contributed by atoms with E-state index < -0.39 is 18.0 Å². The third-order valence-electron chi connectivity index (χ3n) is 2.61. The molecule has 7 heteroatoms. The molecule has 1 unspecified atom stereocenters. The Kier molecular flexibility index (Phi) is 3.19. The van der Waals surface area contributed by atoms with Crippen molar-refractivity contribution in [1.29, 1.82) is 0 Å². The van der Waals surface area contributed by atoms with Gasteiger partial charge in [-0.25, -0.2) is 9.97 Å². The average Bonchev–Trinajstić information content (AvgIpc) is 2.28. The molecule has 0 saturated carbocycles. The number of hydrogen-bond acceptors (Lipinski definition) is 4. The summed E-state index contributed by atoms with van der Waals surface area (Å²) in [5.74, 6) is 0.0265. The molecule has 0 spiro atoms. The molecule has 17 heavy (non-hydrogen) atoms. The lowest BCUT2D eigenvalue weighted by atomic mass is 10.1. The van der Waals surface area contributed by atoms with Crippen LogP contribution in [0.4, 0.5) is 19.1 Å². The summed E-state index contributed by atoms with van der Waals surface area (Å²) in [5.41, 5.74) is -0.956. The molecular weight excluding hydrogens is 235 g/mol. The molecule has 0 aromatic carbocycles. The Bertz CT molecular complexity index is 397. The first-order valence-electron chi connectivity index (χ1n) is 5.30.